The zero-order valence-corrected chi connectivity index (χ0v) is 10.7. The molecule has 4 heteroatoms. The van der Waals surface area contributed by atoms with Gasteiger partial charge in [-0.1, -0.05) is 19.2 Å². The standard InChI is InChI=1S/C16H14O4/c1-3-11-12(9(2)17)5-6-13(16(11)20)14-8-10(18)4-7-15(14)19/h3-8,17-20H,1-2H2. The predicted octanol–water partition coefficient (Wildman–Crippen LogP) is 3.64. The summed E-state index contributed by atoms with van der Waals surface area (Å²) in [6.07, 6.45) is 1.38. The van der Waals surface area contributed by atoms with E-state index in [1.807, 2.05) is 0 Å². The minimum absolute atomic E-state index is 0.0343. The highest BCUT2D eigenvalue weighted by atomic mass is 16.3. The Morgan fingerprint density at radius 3 is 2.30 bits per heavy atom. The van der Waals surface area contributed by atoms with Crippen LogP contribution in [0, 0.1) is 0 Å². The summed E-state index contributed by atoms with van der Waals surface area (Å²) in [4.78, 5) is 0. The monoisotopic (exact) mass is 270 g/mol. The van der Waals surface area contributed by atoms with Crippen LogP contribution in [0.15, 0.2) is 43.5 Å². The van der Waals surface area contributed by atoms with E-state index in [-0.39, 0.29) is 28.6 Å². The first-order valence-corrected chi connectivity index (χ1v) is 5.84. The van der Waals surface area contributed by atoms with E-state index in [4.69, 9.17) is 0 Å². The SMILES string of the molecule is C=Cc1c(C(=C)O)ccc(-c2cc(O)ccc2O)c1O. The van der Waals surface area contributed by atoms with Gasteiger partial charge in [-0.3, -0.25) is 0 Å². The average Bonchev–Trinajstić information content (AvgIpc) is 2.41. The van der Waals surface area contributed by atoms with Crippen LogP contribution in [0.25, 0.3) is 23.0 Å². The van der Waals surface area contributed by atoms with E-state index in [9.17, 15) is 20.4 Å². The van der Waals surface area contributed by atoms with Gasteiger partial charge in [0.1, 0.15) is 23.0 Å². The van der Waals surface area contributed by atoms with E-state index < -0.39 is 0 Å². The lowest BCUT2D eigenvalue weighted by molar-refractivity contribution is 0.458. The highest BCUT2D eigenvalue weighted by Crippen LogP contribution is 2.41. The maximum Gasteiger partial charge on any atom is 0.131 e. The number of phenols is 3. The molecule has 0 spiro atoms. The summed E-state index contributed by atoms with van der Waals surface area (Å²) in [5, 5.41) is 39.1. The summed E-state index contributed by atoms with van der Waals surface area (Å²) in [5.74, 6) is -0.466. The van der Waals surface area contributed by atoms with Gasteiger partial charge in [-0.25, -0.2) is 0 Å². The van der Waals surface area contributed by atoms with Crippen molar-refractivity contribution in [2.75, 3.05) is 0 Å². The summed E-state index contributed by atoms with van der Waals surface area (Å²) in [7, 11) is 0. The Morgan fingerprint density at radius 1 is 1.00 bits per heavy atom. The first-order chi connectivity index (χ1) is 9.45. The third-order valence-electron chi connectivity index (χ3n) is 3.00. The number of hydrogen-bond donors (Lipinski definition) is 4. The number of aliphatic hydroxyl groups excluding tert-OH is 1. The lowest BCUT2D eigenvalue weighted by atomic mass is 9.96. The predicted molar refractivity (Wildman–Crippen MR) is 78.6 cm³/mol. The molecule has 0 aliphatic heterocycles. The molecule has 0 saturated carbocycles. The lowest BCUT2D eigenvalue weighted by Crippen LogP contribution is -1.91. The van der Waals surface area contributed by atoms with Crippen LogP contribution in [0.5, 0.6) is 17.2 Å². The molecule has 0 unspecified atom stereocenters. The van der Waals surface area contributed by atoms with E-state index in [0.717, 1.165) is 0 Å². The molecule has 2 aromatic rings. The van der Waals surface area contributed by atoms with Gasteiger partial charge in [-0.15, -0.1) is 0 Å². The number of hydrogen-bond acceptors (Lipinski definition) is 4. The molecule has 0 saturated heterocycles. The van der Waals surface area contributed by atoms with Crippen molar-refractivity contribution >= 4 is 11.8 Å². The minimum Gasteiger partial charge on any atom is -0.508 e. The molecule has 20 heavy (non-hydrogen) atoms. The molecular formula is C16H14O4. The summed E-state index contributed by atoms with van der Waals surface area (Å²) >= 11 is 0. The van der Waals surface area contributed by atoms with Crippen LogP contribution in [-0.4, -0.2) is 20.4 Å². The molecule has 4 N–H and O–H groups in total. The van der Waals surface area contributed by atoms with Crippen molar-refractivity contribution in [3.8, 4) is 28.4 Å². The molecule has 2 rings (SSSR count). The van der Waals surface area contributed by atoms with E-state index in [0.29, 0.717) is 16.7 Å². The van der Waals surface area contributed by atoms with Crippen molar-refractivity contribution < 1.29 is 20.4 Å². The molecular weight excluding hydrogens is 256 g/mol. The molecule has 0 heterocycles. The van der Waals surface area contributed by atoms with E-state index in [1.54, 1.807) is 6.07 Å². The molecule has 0 aliphatic carbocycles. The van der Waals surface area contributed by atoms with Crippen molar-refractivity contribution in [2.24, 2.45) is 0 Å². The van der Waals surface area contributed by atoms with E-state index in [1.165, 1.54) is 30.3 Å². The minimum atomic E-state index is -0.193. The highest BCUT2D eigenvalue weighted by Gasteiger charge is 2.16. The summed E-state index contributed by atoms with van der Waals surface area (Å²) < 4.78 is 0. The summed E-state index contributed by atoms with van der Waals surface area (Å²) in [5.41, 5.74) is 1.25. The molecule has 0 aromatic heterocycles. The number of aliphatic hydroxyl groups is 1. The number of aromatic hydroxyl groups is 3. The van der Waals surface area contributed by atoms with Gasteiger partial charge in [0.25, 0.3) is 0 Å². The Bertz CT molecular complexity index is 702. The van der Waals surface area contributed by atoms with Crippen LogP contribution >= 0.6 is 0 Å². The zero-order valence-electron chi connectivity index (χ0n) is 10.7. The van der Waals surface area contributed by atoms with Gasteiger partial charge in [0, 0.05) is 22.3 Å². The van der Waals surface area contributed by atoms with Crippen molar-refractivity contribution in [3.05, 3.63) is 54.6 Å². The van der Waals surface area contributed by atoms with Gasteiger partial charge in [-0.05, 0) is 30.3 Å². The number of phenolic OH excluding ortho intramolecular Hbond substituents is 3. The Hall–Kier alpha value is -2.88. The molecule has 0 fully saturated rings. The van der Waals surface area contributed by atoms with Crippen LogP contribution in [0.1, 0.15) is 11.1 Å². The Balaban J connectivity index is 2.73. The Labute approximate surface area is 116 Å². The van der Waals surface area contributed by atoms with Crippen molar-refractivity contribution in [1.82, 2.24) is 0 Å². The van der Waals surface area contributed by atoms with Gasteiger partial charge < -0.3 is 20.4 Å². The second-order valence-corrected chi connectivity index (χ2v) is 4.28. The summed E-state index contributed by atoms with van der Waals surface area (Å²) in [6.45, 7) is 7.00. The van der Waals surface area contributed by atoms with Crippen molar-refractivity contribution in [2.45, 2.75) is 0 Å². The third-order valence-corrected chi connectivity index (χ3v) is 3.00. The van der Waals surface area contributed by atoms with Crippen LogP contribution in [0.2, 0.25) is 0 Å². The van der Waals surface area contributed by atoms with Crippen molar-refractivity contribution in [3.63, 3.8) is 0 Å². The molecule has 2 aromatic carbocycles. The van der Waals surface area contributed by atoms with E-state index in [2.05, 4.69) is 13.2 Å². The van der Waals surface area contributed by atoms with Gasteiger partial charge in [0.15, 0.2) is 0 Å². The average molecular weight is 270 g/mol. The number of rotatable bonds is 3. The fraction of sp³-hybridized carbons (Fsp3) is 0. The molecule has 0 amide bonds. The zero-order chi connectivity index (χ0) is 14.9. The van der Waals surface area contributed by atoms with Crippen LogP contribution in [-0.2, 0) is 0 Å². The quantitative estimate of drug-likeness (QED) is 0.507. The van der Waals surface area contributed by atoms with E-state index >= 15 is 0 Å². The summed E-state index contributed by atoms with van der Waals surface area (Å²) in [6, 6.07) is 7.08. The Morgan fingerprint density at radius 2 is 1.70 bits per heavy atom. The third kappa shape index (κ3) is 2.19. The smallest absolute Gasteiger partial charge is 0.131 e. The first kappa shape index (κ1) is 13.5. The van der Waals surface area contributed by atoms with Crippen LogP contribution < -0.4 is 0 Å². The largest absolute Gasteiger partial charge is 0.508 e. The molecule has 0 atom stereocenters. The topological polar surface area (TPSA) is 80.9 Å². The van der Waals surface area contributed by atoms with Gasteiger partial charge in [0.2, 0.25) is 0 Å². The molecule has 0 radical (unpaired) electrons. The highest BCUT2D eigenvalue weighted by molar-refractivity contribution is 5.84. The van der Waals surface area contributed by atoms with Gasteiger partial charge in [0.05, 0.1) is 0 Å². The van der Waals surface area contributed by atoms with Gasteiger partial charge >= 0.3 is 0 Å². The van der Waals surface area contributed by atoms with Crippen molar-refractivity contribution in [1.29, 1.82) is 0 Å². The fourth-order valence-electron chi connectivity index (χ4n) is 2.02. The lowest BCUT2D eigenvalue weighted by Gasteiger charge is -2.13. The Kier molecular flexibility index (Phi) is 3.39. The number of benzene rings is 2. The second kappa shape index (κ2) is 5.01. The molecule has 0 bridgehead atoms. The fourth-order valence-corrected chi connectivity index (χ4v) is 2.02. The first-order valence-electron chi connectivity index (χ1n) is 5.84. The molecule has 102 valence electrons. The molecule has 0 aliphatic rings. The second-order valence-electron chi connectivity index (χ2n) is 4.28. The van der Waals surface area contributed by atoms with Crippen LogP contribution in [0.4, 0.5) is 0 Å². The maximum absolute atomic E-state index is 10.3. The van der Waals surface area contributed by atoms with Crippen LogP contribution in [0.3, 0.4) is 0 Å². The maximum atomic E-state index is 10.3. The normalized spacial score (nSPS) is 10.2. The van der Waals surface area contributed by atoms with Gasteiger partial charge in [-0.2, -0.15) is 0 Å². The molecule has 4 nitrogen and oxygen atoms in total.